The molecule has 0 bridgehead atoms. The minimum Gasteiger partial charge on any atom is -0.481 e. The summed E-state index contributed by atoms with van der Waals surface area (Å²) in [5.74, 6) is -2.18. The Morgan fingerprint density at radius 1 is 1.35 bits per heavy atom. The zero-order chi connectivity index (χ0) is 14.7. The first-order chi connectivity index (χ1) is 9.45. The first-order valence-electron chi connectivity index (χ1n) is 5.89. The standard InChI is InChI=1S/C13H12ClFN2O3/c14-8-2-4-11(10(15)6-8)17-13(20)16-9-3-1-7(5-9)12(18)19/h1-4,6-7,9H,5H2,(H,18,19)(H2,16,17,20). The Bertz CT molecular complexity index is 577. The van der Waals surface area contributed by atoms with Crippen LogP contribution in [0.5, 0.6) is 0 Å². The number of hydrogen-bond acceptors (Lipinski definition) is 2. The third kappa shape index (κ3) is 3.48. The van der Waals surface area contributed by atoms with Crippen molar-refractivity contribution in [3.05, 3.63) is 41.2 Å². The van der Waals surface area contributed by atoms with Crippen LogP contribution >= 0.6 is 11.6 Å². The molecule has 5 nitrogen and oxygen atoms in total. The van der Waals surface area contributed by atoms with Crippen LogP contribution in [0.4, 0.5) is 14.9 Å². The lowest BCUT2D eigenvalue weighted by molar-refractivity contribution is -0.140. The van der Waals surface area contributed by atoms with Crippen LogP contribution in [0.2, 0.25) is 5.02 Å². The number of carboxylic acid groups (broad SMARTS) is 1. The van der Waals surface area contributed by atoms with E-state index in [4.69, 9.17) is 16.7 Å². The molecule has 0 aromatic heterocycles. The van der Waals surface area contributed by atoms with E-state index in [1.54, 1.807) is 6.08 Å². The van der Waals surface area contributed by atoms with Crippen LogP contribution in [0.15, 0.2) is 30.4 Å². The molecule has 1 aliphatic rings. The molecule has 0 spiro atoms. The van der Waals surface area contributed by atoms with Crippen LogP contribution < -0.4 is 10.6 Å². The van der Waals surface area contributed by atoms with Gasteiger partial charge in [-0.3, -0.25) is 4.79 Å². The molecule has 0 saturated heterocycles. The van der Waals surface area contributed by atoms with E-state index in [0.717, 1.165) is 6.07 Å². The molecule has 0 radical (unpaired) electrons. The van der Waals surface area contributed by atoms with Gasteiger partial charge in [-0.25, -0.2) is 9.18 Å². The van der Waals surface area contributed by atoms with Gasteiger partial charge in [0.25, 0.3) is 0 Å². The smallest absolute Gasteiger partial charge is 0.319 e. The van der Waals surface area contributed by atoms with Crippen LogP contribution in [0.3, 0.4) is 0 Å². The molecule has 2 rings (SSSR count). The zero-order valence-electron chi connectivity index (χ0n) is 10.3. The summed E-state index contributed by atoms with van der Waals surface area (Å²) in [5.41, 5.74) is 0.00339. The van der Waals surface area contributed by atoms with E-state index in [9.17, 15) is 14.0 Å². The van der Waals surface area contributed by atoms with Crippen LogP contribution in [0, 0.1) is 11.7 Å². The average molecular weight is 299 g/mol. The van der Waals surface area contributed by atoms with Crippen LogP contribution in [0.1, 0.15) is 6.42 Å². The highest BCUT2D eigenvalue weighted by molar-refractivity contribution is 6.30. The lowest BCUT2D eigenvalue weighted by atomic mass is 10.1. The number of anilines is 1. The third-order valence-electron chi connectivity index (χ3n) is 2.90. The van der Waals surface area contributed by atoms with Crippen molar-refractivity contribution < 1.29 is 19.1 Å². The van der Waals surface area contributed by atoms with Crippen molar-refractivity contribution in [2.75, 3.05) is 5.32 Å². The van der Waals surface area contributed by atoms with E-state index in [-0.39, 0.29) is 23.2 Å². The summed E-state index contributed by atoms with van der Waals surface area (Å²) in [6.45, 7) is 0. The number of carboxylic acids is 1. The minimum absolute atomic E-state index is 0.00339. The number of nitrogens with one attached hydrogen (secondary N) is 2. The second-order valence-electron chi connectivity index (χ2n) is 4.39. The Labute approximate surface area is 119 Å². The van der Waals surface area contributed by atoms with Gasteiger partial charge in [-0.1, -0.05) is 23.8 Å². The number of carbonyl (C=O) groups excluding carboxylic acids is 1. The Hall–Kier alpha value is -2.08. The summed E-state index contributed by atoms with van der Waals surface area (Å²) >= 11 is 5.60. The monoisotopic (exact) mass is 298 g/mol. The molecule has 3 N–H and O–H groups in total. The van der Waals surface area contributed by atoms with Crippen LogP contribution in [-0.2, 0) is 4.79 Å². The van der Waals surface area contributed by atoms with E-state index in [1.165, 1.54) is 18.2 Å². The second kappa shape index (κ2) is 5.92. The van der Waals surface area contributed by atoms with Crippen molar-refractivity contribution in [3.63, 3.8) is 0 Å². The maximum absolute atomic E-state index is 13.5. The lowest BCUT2D eigenvalue weighted by Gasteiger charge is -2.13. The van der Waals surface area contributed by atoms with E-state index in [1.807, 2.05) is 0 Å². The molecule has 0 saturated carbocycles. The van der Waals surface area contributed by atoms with Gasteiger partial charge in [0.15, 0.2) is 0 Å². The van der Waals surface area contributed by atoms with Crippen molar-refractivity contribution in [3.8, 4) is 0 Å². The van der Waals surface area contributed by atoms with Gasteiger partial charge in [0.2, 0.25) is 0 Å². The highest BCUT2D eigenvalue weighted by Crippen LogP contribution is 2.20. The van der Waals surface area contributed by atoms with Gasteiger partial charge in [-0.05, 0) is 24.6 Å². The Balaban J connectivity index is 1.90. The van der Waals surface area contributed by atoms with Gasteiger partial charge in [0.05, 0.1) is 17.6 Å². The van der Waals surface area contributed by atoms with Gasteiger partial charge in [-0.15, -0.1) is 0 Å². The van der Waals surface area contributed by atoms with Crippen molar-refractivity contribution >= 4 is 29.3 Å². The van der Waals surface area contributed by atoms with Gasteiger partial charge < -0.3 is 15.7 Å². The van der Waals surface area contributed by atoms with Gasteiger partial charge in [0.1, 0.15) is 5.82 Å². The average Bonchev–Trinajstić information content (AvgIpc) is 2.81. The van der Waals surface area contributed by atoms with Crippen molar-refractivity contribution in [1.82, 2.24) is 5.32 Å². The molecule has 1 aromatic carbocycles. The molecule has 106 valence electrons. The summed E-state index contributed by atoms with van der Waals surface area (Å²) in [4.78, 5) is 22.4. The number of urea groups is 1. The predicted octanol–water partition coefficient (Wildman–Crippen LogP) is 2.63. The summed E-state index contributed by atoms with van der Waals surface area (Å²) in [6.07, 6.45) is 3.42. The fraction of sp³-hybridized carbons (Fsp3) is 0.231. The molecule has 0 aliphatic heterocycles. The van der Waals surface area contributed by atoms with E-state index < -0.39 is 23.7 Å². The number of carbonyl (C=O) groups is 2. The molecular weight excluding hydrogens is 287 g/mol. The minimum atomic E-state index is -0.935. The Morgan fingerprint density at radius 3 is 2.70 bits per heavy atom. The maximum Gasteiger partial charge on any atom is 0.319 e. The predicted molar refractivity (Wildman–Crippen MR) is 72.2 cm³/mol. The zero-order valence-corrected chi connectivity index (χ0v) is 11.0. The molecule has 2 amide bonds. The van der Waals surface area contributed by atoms with Crippen molar-refractivity contribution in [1.29, 1.82) is 0 Å². The Morgan fingerprint density at radius 2 is 2.10 bits per heavy atom. The van der Waals surface area contributed by atoms with E-state index in [2.05, 4.69) is 10.6 Å². The number of aliphatic carboxylic acids is 1. The van der Waals surface area contributed by atoms with Crippen molar-refractivity contribution in [2.45, 2.75) is 12.5 Å². The molecule has 2 unspecified atom stereocenters. The highest BCUT2D eigenvalue weighted by atomic mass is 35.5. The summed E-state index contributed by atoms with van der Waals surface area (Å²) in [7, 11) is 0. The number of rotatable bonds is 3. The van der Waals surface area contributed by atoms with Crippen LogP contribution in [-0.4, -0.2) is 23.1 Å². The lowest BCUT2D eigenvalue weighted by Crippen LogP contribution is -2.36. The van der Waals surface area contributed by atoms with Gasteiger partial charge in [0, 0.05) is 5.02 Å². The normalized spacial score (nSPS) is 20.7. The molecule has 7 heteroatoms. The Kier molecular flexibility index (Phi) is 4.24. The van der Waals surface area contributed by atoms with Crippen molar-refractivity contribution in [2.24, 2.45) is 5.92 Å². The number of hydrogen-bond donors (Lipinski definition) is 3. The molecule has 20 heavy (non-hydrogen) atoms. The molecular formula is C13H12ClFN2O3. The number of amides is 2. The summed E-state index contributed by atoms with van der Waals surface area (Å²) < 4.78 is 13.5. The van der Waals surface area contributed by atoms with Gasteiger partial charge >= 0.3 is 12.0 Å². The first-order valence-corrected chi connectivity index (χ1v) is 6.27. The molecule has 0 fully saturated rings. The topological polar surface area (TPSA) is 78.4 Å². The molecule has 1 aromatic rings. The fourth-order valence-corrected chi connectivity index (χ4v) is 2.07. The van der Waals surface area contributed by atoms with Gasteiger partial charge in [-0.2, -0.15) is 0 Å². The quantitative estimate of drug-likeness (QED) is 0.751. The van der Waals surface area contributed by atoms with E-state index >= 15 is 0 Å². The van der Waals surface area contributed by atoms with E-state index in [0.29, 0.717) is 0 Å². The first kappa shape index (κ1) is 14.3. The number of benzene rings is 1. The fourth-order valence-electron chi connectivity index (χ4n) is 1.91. The third-order valence-corrected chi connectivity index (χ3v) is 3.13. The summed E-state index contributed by atoms with van der Waals surface area (Å²) in [5, 5.41) is 14.0. The highest BCUT2D eigenvalue weighted by Gasteiger charge is 2.25. The SMILES string of the molecule is O=C(Nc1ccc(Cl)cc1F)NC1C=CC(C(=O)O)C1. The molecule has 0 heterocycles. The molecule has 2 atom stereocenters. The number of halogens is 2. The largest absolute Gasteiger partial charge is 0.481 e. The molecule has 1 aliphatic carbocycles. The maximum atomic E-state index is 13.5. The van der Waals surface area contributed by atoms with Crippen LogP contribution in [0.25, 0.3) is 0 Å². The second-order valence-corrected chi connectivity index (χ2v) is 4.83. The summed E-state index contributed by atoms with van der Waals surface area (Å²) in [6, 6.07) is 2.91.